The smallest absolute Gasteiger partial charge is 0.420 e. The van der Waals surface area contributed by atoms with Crippen LogP contribution in [0.4, 0.5) is 18.0 Å². The molecule has 1 saturated heterocycles. The SMILES string of the molecule is COc1cc(/C=C2\SC(=O)N(CO)C2=O)ccc1Oc1ccc(C#N)cc1C(F)(F)F. The number of imide groups is 1. The average molecular weight is 450 g/mol. The van der Waals surface area contributed by atoms with E-state index in [9.17, 15) is 22.8 Å². The average Bonchev–Trinajstić information content (AvgIpc) is 3.00. The van der Waals surface area contributed by atoms with Crippen molar-refractivity contribution in [3.05, 3.63) is 58.0 Å². The van der Waals surface area contributed by atoms with Crippen LogP contribution in [-0.2, 0) is 11.0 Å². The summed E-state index contributed by atoms with van der Waals surface area (Å²) in [6, 6.07) is 8.80. The van der Waals surface area contributed by atoms with Crippen LogP contribution in [-0.4, -0.2) is 35.0 Å². The number of hydrogen-bond acceptors (Lipinski definition) is 7. The van der Waals surface area contributed by atoms with E-state index in [2.05, 4.69) is 0 Å². The number of alkyl halides is 3. The van der Waals surface area contributed by atoms with Gasteiger partial charge in [0.25, 0.3) is 11.1 Å². The Kier molecular flexibility index (Phi) is 6.24. The first-order valence-corrected chi connectivity index (χ1v) is 9.33. The molecule has 1 fully saturated rings. The van der Waals surface area contributed by atoms with Gasteiger partial charge in [0, 0.05) is 0 Å². The fourth-order valence-electron chi connectivity index (χ4n) is 2.66. The molecule has 0 atom stereocenters. The van der Waals surface area contributed by atoms with E-state index in [1.165, 1.54) is 37.5 Å². The molecule has 0 saturated carbocycles. The molecule has 1 heterocycles. The first-order valence-electron chi connectivity index (χ1n) is 8.51. The quantitative estimate of drug-likeness (QED) is 0.676. The number of carbonyl (C=O) groups is 2. The normalized spacial score (nSPS) is 15.4. The number of thioether (sulfide) groups is 1. The third-order valence-electron chi connectivity index (χ3n) is 4.13. The number of halogens is 3. The first-order chi connectivity index (χ1) is 14.7. The summed E-state index contributed by atoms with van der Waals surface area (Å²) in [4.78, 5) is 24.5. The third-order valence-corrected chi connectivity index (χ3v) is 5.04. The predicted octanol–water partition coefficient (Wildman–Crippen LogP) is 4.36. The minimum Gasteiger partial charge on any atom is -0.493 e. The fraction of sp³-hybridized carbons (Fsp3) is 0.150. The maximum atomic E-state index is 13.4. The van der Waals surface area contributed by atoms with Gasteiger partial charge in [-0.1, -0.05) is 6.07 Å². The fourth-order valence-corrected chi connectivity index (χ4v) is 3.49. The molecule has 0 unspecified atom stereocenters. The molecule has 0 aliphatic carbocycles. The van der Waals surface area contributed by atoms with Gasteiger partial charge in [-0.15, -0.1) is 0 Å². The van der Waals surface area contributed by atoms with E-state index in [4.69, 9.17) is 19.8 Å². The predicted molar refractivity (Wildman–Crippen MR) is 104 cm³/mol. The van der Waals surface area contributed by atoms with Gasteiger partial charge >= 0.3 is 6.18 Å². The Morgan fingerprint density at radius 3 is 2.45 bits per heavy atom. The lowest BCUT2D eigenvalue weighted by Crippen LogP contribution is -2.28. The highest BCUT2D eigenvalue weighted by molar-refractivity contribution is 8.18. The van der Waals surface area contributed by atoms with Crippen molar-refractivity contribution in [1.82, 2.24) is 4.90 Å². The third kappa shape index (κ3) is 4.65. The van der Waals surface area contributed by atoms with Crippen LogP contribution < -0.4 is 9.47 Å². The molecular weight excluding hydrogens is 437 g/mol. The number of methoxy groups -OCH3 is 1. The number of aliphatic hydroxyl groups is 1. The maximum Gasteiger partial charge on any atom is 0.420 e. The van der Waals surface area contributed by atoms with Crippen molar-refractivity contribution in [2.24, 2.45) is 0 Å². The van der Waals surface area contributed by atoms with E-state index >= 15 is 0 Å². The van der Waals surface area contributed by atoms with Crippen molar-refractivity contribution in [1.29, 1.82) is 5.26 Å². The summed E-state index contributed by atoms with van der Waals surface area (Å²) in [6.07, 6.45) is -3.36. The number of aliphatic hydroxyl groups excluding tert-OH is 1. The van der Waals surface area contributed by atoms with E-state index in [1.54, 1.807) is 6.07 Å². The lowest BCUT2D eigenvalue weighted by Gasteiger charge is -2.16. The van der Waals surface area contributed by atoms with Crippen molar-refractivity contribution < 1.29 is 37.3 Å². The lowest BCUT2D eigenvalue weighted by molar-refractivity contribution is -0.138. The first kappa shape index (κ1) is 22.2. The number of ether oxygens (including phenoxy) is 2. The van der Waals surface area contributed by atoms with Crippen LogP contribution in [0.3, 0.4) is 0 Å². The van der Waals surface area contributed by atoms with Gasteiger partial charge in [-0.3, -0.25) is 9.59 Å². The standard InChI is InChI=1S/C20H13F3N2O5S/c1-29-16-7-11(8-17-18(27)25(10-26)19(28)31-17)2-5-15(16)30-14-4-3-12(9-24)6-13(14)20(21,22)23/h2-8,26H,10H2,1H3/b17-8-. The summed E-state index contributed by atoms with van der Waals surface area (Å²) in [6.45, 7) is -0.746. The zero-order valence-corrected chi connectivity index (χ0v) is 16.6. The van der Waals surface area contributed by atoms with Gasteiger partial charge in [-0.2, -0.15) is 18.4 Å². The lowest BCUT2D eigenvalue weighted by atomic mass is 10.1. The Morgan fingerprint density at radius 2 is 1.87 bits per heavy atom. The number of amides is 2. The summed E-state index contributed by atoms with van der Waals surface area (Å²) >= 11 is 0.645. The number of rotatable bonds is 5. The van der Waals surface area contributed by atoms with Gasteiger partial charge < -0.3 is 14.6 Å². The molecule has 2 amide bonds. The van der Waals surface area contributed by atoms with Gasteiger partial charge in [0.05, 0.1) is 29.2 Å². The number of nitriles is 1. The molecule has 2 aromatic rings. The molecule has 11 heteroatoms. The van der Waals surface area contributed by atoms with Gasteiger partial charge in [0.2, 0.25) is 0 Å². The Labute approximate surface area is 178 Å². The number of benzene rings is 2. The highest BCUT2D eigenvalue weighted by Gasteiger charge is 2.36. The topological polar surface area (TPSA) is 99.9 Å². The molecule has 2 aromatic carbocycles. The van der Waals surface area contributed by atoms with Crippen LogP contribution in [0.25, 0.3) is 6.08 Å². The highest BCUT2D eigenvalue weighted by atomic mass is 32.2. The molecule has 0 radical (unpaired) electrons. The molecule has 160 valence electrons. The monoisotopic (exact) mass is 450 g/mol. The van der Waals surface area contributed by atoms with E-state index in [1.807, 2.05) is 0 Å². The summed E-state index contributed by atoms with van der Waals surface area (Å²) in [5.74, 6) is -1.13. The molecular formula is C20H13F3N2O5S. The van der Waals surface area contributed by atoms with Crippen molar-refractivity contribution in [2.75, 3.05) is 13.8 Å². The Hall–Kier alpha value is -3.49. The van der Waals surface area contributed by atoms with Crippen LogP contribution >= 0.6 is 11.8 Å². The van der Waals surface area contributed by atoms with Crippen molar-refractivity contribution in [2.45, 2.75) is 6.18 Å². The Balaban J connectivity index is 1.94. The minimum atomic E-state index is -4.75. The second kappa shape index (κ2) is 8.71. The maximum absolute atomic E-state index is 13.4. The molecule has 1 aliphatic heterocycles. The van der Waals surface area contributed by atoms with Gasteiger partial charge in [-0.05, 0) is 53.7 Å². The summed E-state index contributed by atoms with van der Waals surface area (Å²) in [5, 5.41) is 17.3. The van der Waals surface area contributed by atoms with Crippen LogP contribution in [0.1, 0.15) is 16.7 Å². The second-order valence-corrected chi connectivity index (χ2v) is 7.08. The van der Waals surface area contributed by atoms with Crippen LogP contribution in [0.15, 0.2) is 41.3 Å². The van der Waals surface area contributed by atoms with Crippen LogP contribution in [0.5, 0.6) is 17.2 Å². The van der Waals surface area contributed by atoms with Crippen molar-refractivity contribution in [3.8, 4) is 23.3 Å². The van der Waals surface area contributed by atoms with Gasteiger partial charge in [-0.25, -0.2) is 4.90 Å². The summed E-state index contributed by atoms with van der Waals surface area (Å²) < 4.78 is 50.7. The molecule has 7 nitrogen and oxygen atoms in total. The molecule has 1 aliphatic rings. The van der Waals surface area contributed by atoms with Gasteiger partial charge in [0.15, 0.2) is 11.5 Å². The molecule has 31 heavy (non-hydrogen) atoms. The van der Waals surface area contributed by atoms with E-state index in [0.29, 0.717) is 28.3 Å². The molecule has 0 aromatic heterocycles. The van der Waals surface area contributed by atoms with Crippen LogP contribution in [0.2, 0.25) is 0 Å². The molecule has 3 rings (SSSR count). The van der Waals surface area contributed by atoms with Gasteiger partial charge in [0.1, 0.15) is 12.5 Å². The minimum absolute atomic E-state index is 0.0293. The van der Waals surface area contributed by atoms with Crippen molar-refractivity contribution >= 4 is 29.0 Å². The summed E-state index contributed by atoms with van der Waals surface area (Å²) in [5.41, 5.74) is -0.863. The second-order valence-electron chi connectivity index (χ2n) is 6.08. The number of nitrogens with zero attached hydrogens (tertiary/aromatic N) is 2. The van der Waals surface area contributed by atoms with E-state index < -0.39 is 35.4 Å². The molecule has 0 bridgehead atoms. The Morgan fingerprint density at radius 1 is 1.16 bits per heavy atom. The number of hydrogen-bond donors (Lipinski definition) is 1. The Bertz CT molecular complexity index is 1120. The summed E-state index contributed by atoms with van der Waals surface area (Å²) in [7, 11) is 1.29. The van der Waals surface area contributed by atoms with Crippen LogP contribution in [0, 0.1) is 11.3 Å². The zero-order valence-electron chi connectivity index (χ0n) is 15.8. The van der Waals surface area contributed by atoms with E-state index in [0.717, 1.165) is 6.07 Å². The number of carbonyl (C=O) groups excluding carboxylic acids is 2. The molecule has 1 N–H and O–H groups in total. The molecule has 0 spiro atoms. The van der Waals surface area contributed by atoms with Crippen molar-refractivity contribution in [3.63, 3.8) is 0 Å². The largest absolute Gasteiger partial charge is 0.493 e. The zero-order chi connectivity index (χ0) is 22.8. The highest BCUT2D eigenvalue weighted by Crippen LogP contribution is 2.41. The van der Waals surface area contributed by atoms with E-state index in [-0.39, 0.29) is 22.0 Å².